The smallest absolute Gasteiger partial charge is 0.408 e. The molecule has 0 unspecified atom stereocenters. The van der Waals surface area contributed by atoms with Crippen molar-refractivity contribution in [1.29, 1.82) is 0 Å². The number of alkyl carbamates (subject to hydrolysis) is 1. The Labute approximate surface area is 164 Å². The average molecular weight is 392 g/mol. The maximum atomic E-state index is 12.5. The Morgan fingerprint density at radius 2 is 1.64 bits per heavy atom. The number of hydrogen-bond acceptors (Lipinski definition) is 5. The van der Waals surface area contributed by atoms with Gasteiger partial charge < -0.3 is 26.4 Å². The lowest BCUT2D eigenvalue weighted by Gasteiger charge is -2.23. The third kappa shape index (κ3) is 8.52. The van der Waals surface area contributed by atoms with Crippen molar-refractivity contribution in [2.75, 3.05) is 7.05 Å². The molecule has 0 aromatic heterocycles. The van der Waals surface area contributed by atoms with E-state index in [4.69, 9.17) is 10.5 Å². The van der Waals surface area contributed by atoms with Crippen molar-refractivity contribution in [2.45, 2.75) is 45.4 Å². The largest absolute Gasteiger partial charge is 0.445 e. The molecule has 0 heterocycles. The fourth-order valence-corrected chi connectivity index (χ4v) is 2.47. The van der Waals surface area contributed by atoms with E-state index in [2.05, 4.69) is 16.0 Å². The van der Waals surface area contributed by atoms with Crippen LogP contribution in [0.4, 0.5) is 4.79 Å². The number of hydrogen-bond donors (Lipinski definition) is 4. The predicted octanol–water partition coefficient (Wildman–Crippen LogP) is 0.434. The van der Waals surface area contributed by atoms with Crippen LogP contribution in [-0.4, -0.2) is 42.9 Å². The normalized spacial score (nSPS) is 12.6. The average Bonchev–Trinajstić information content (AvgIpc) is 2.64. The van der Waals surface area contributed by atoms with Gasteiger partial charge in [0.25, 0.3) is 0 Å². The molecule has 0 saturated carbocycles. The van der Waals surface area contributed by atoms with Crippen molar-refractivity contribution < 1.29 is 23.9 Å². The quantitative estimate of drug-likeness (QED) is 0.457. The molecule has 0 aliphatic carbocycles. The van der Waals surface area contributed by atoms with Crippen molar-refractivity contribution in [3.05, 3.63) is 35.9 Å². The first kappa shape index (κ1) is 22.9. The van der Waals surface area contributed by atoms with Crippen LogP contribution in [0, 0.1) is 5.92 Å². The van der Waals surface area contributed by atoms with Crippen LogP contribution in [0.2, 0.25) is 0 Å². The van der Waals surface area contributed by atoms with Crippen LogP contribution < -0.4 is 21.7 Å². The first-order chi connectivity index (χ1) is 13.2. The second-order valence-electron chi connectivity index (χ2n) is 6.73. The highest BCUT2D eigenvalue weighted by atomic mass is 16.5. The number of benzene rings is 1. The minimum atomic E-state index is -1.25. The molecule has 0 radical (unpaired) electrons. The van der Waals surface area contributed by atoms with Crippen molar-refractivity contribution in [3.8, 4) is 0 Å². The molecule has 0 fully saturated rings. The zero-order valence-corrected chi connectivity index (χ0v) is 16.4. The maximum Gasteiger partial charge on any atom is 0.408 e. The Bertz CT molecular complexity index is 678. The molecule has 28 heavy (non-hydrogen) atoms. The highest BCUT2D eigenvalue weighted by Gasteiger charge is 2.28. The van der Waals surface area contributed by atoms with Gasteiger partial charge in [0, 0.05) is 7.05 Å². The van der Waals surface area contributed by atoms with Gasteiger partial charge in [-0.1, -0.05) is 44.2 Å². The van der Waals surface area contributed by atoms with Crippen LogP contribution in [0.25, 0.3) is 0 Å². The van der Waals surface area contributed by atoms with E-state index in [0.717, 1.165) is 5.56 Å². The van der Waals surface area contributed by atoms with E-state index in [1.165, 1.54) is 7.05 Å². The Morgan fingerprint density at radius 3 is 2.18 bits per heavy atom. The Morgan fingerprint density at radius 1 is 1.00 bits per heavy atom. The summed E-state index contributed by atoms with van der Waals surface area (Å²) in [5.41, 5.74) is 5.95. The lowest BCUT2D eigenvalue weighted by molar-refractivity contribution is -0.131. The molecule has 9 nitrogen and oxygen atoms in total. The number of amides is 4. The highest BCUT2D eigenvalue weighted by molar-refractivity contribution is 5.93. The standard InChI is InChI=1S/C19H28N4O5/c1-12(2)9-14(17(25)21-3)22-18(26)15(10-16(20)24)23-19(27)28-11-13-7-5-4-6-8-13/h4-8,12,14-15H,9-11H2,1-3H3,(H2,20,24)(H,21,25)(H,22,26)(H,23,27)/t14-,15+/m0/s1. The molecule has 154 valence electrons. The van der Waals surface area contributed by atoms with Crippen LogP contribution >= 0.6 is 0 Å². The predicted molar refractivity (Wildman–Crippen MR) is 103 cm³/mol. The van der Waals surface area contributed by atoms with Crippen LogP contribution in [0.5, 0.6) is 0 Å². The fraction of sp³-hybridized carbons (Fsp3) is 0.474. The van der Waals surface area contributed by atoms with Crippen LogP contribution in [0.1, 0.15) is 32.3 Å². The van der Waals surface area contributed by atoms with Gasteiger partial charge in [0.05, 0.1) is 6.42 Å². The number of carbonyl (C=O) groups is 4. The summed E-state index contributed by atoms with van der Waals surface area (Å²) in [6, 6.07) is 6.94. The highest BCUT2D eigenvalue weighted by Crippen LogP contribution is 2.06. The molecule has 0 aliphatic heterocycles. The molecule has 0 bridgehead atoms. The van der Waals surface area contributed by atoms with Gasteiger partial charge in [0.2, 0.25) is 17.7 Å². The van der Waals surface area contributed by atoms with E-state index in [-0.39, 0.29) is 18.4 Å². The van der Waals surface area contributed by atoms with Gasteiger partial charge in [-0.3, -0.25) is 14.4 Å². The molecule has 1 aromatic rings. The molecule has 1 rings (SSSR count). The number of nitrogens with one attached hydrogen (secondary N) is 3. The number of carbonyl (C=O) groups excluding carboxylic acids is 4. The lowest BCUT2D eigenvalue weighted by atomic mass is 10.0. The van der Waals surface area contributed by atoms with E-state index >= 15 is 0 Å². The van der Waals surface area contributed by atoms with E-state index in [1.54, 1.807) is 24.3 Å². The second-order valence-corrected chi connectivity index (χ2v) is 6.73. The Kier molecular flexibility index (Phi) is 9.49. The molecule has 5 N–H and O–H groups in total. The monoisotopic (exact) mass is 392 g/mol. The van der Waals surface area contributed by atoms with Gasteiger partial charge in [-0.25, -0.2) is 4.79 Å². The van der Waals surface area contributed by atoms with Gasteiger partial charge in [-0.2, -0.15) is 0 Å². The van der Waals surface area contributed by atoms with E-state index in [9.17, 15) is 19.2 Å². The number of primary amides is 1. The van der Waals surface area contributed by atoms with E-state index < -0.39 is 36.4 Å². The molecule has 0 saturated heterocycles. The third-order valence-corrected chi connectivity index (χ3v) is 3.81. The Balaban J connectivity index is 2.73. The molecule has 2 atom stereocenters. The molecule has 1 aromatic carbocycles. The summed E-state index contributed by atoms with van der Waals surface area (Å²) in [6.07, 6.45) is -0.896. The van der Waals surface area contributed by atoms with Gasteiger partial charge in [-0.15, -0.1) is 0 Å². The van der Waals surface area contributed by atoms with Crippen molar-refractivity contribution in [3.63, 3.8) is 0 Å². The second kappa shape index (κ2) is 11.6. The molecular formula is C19H28N4O5. The van der Waals surface area contributed by atoms with Crippen molar-refractivity contribution >= 4 is 23.8 Å². The van der Waals surface area contributed by atoms with Gasteiger partial charge in [0.1, 0.15) is 18.7 Å². The van der Waals surface area contributed by atoms with E-state index in [1.807, 2.05) is 19.9 Å². The summed E-state index contributed by atoms with van der Waals surface area (Å²) in [7, 11) is 1.46. The number of rotatable bonds is 10. The summed E-state index contributed by atoms with van der Waals surface area (Å²) in [5.74, 6) is -1.69. The van der Waals surface area contributed by atoms with Crippen molar-refractivity contribution in [1.82, 2.24) is 16.0 Å². The lowest BCUT2D eigenvalue weighted by Crippen LogP contribution is -2.54. The Hall–Kier alpha value is -3.10. The van der Waals surface area contributed by atoms with Gasteiger partial charge >= 0.3 is 6.09 Å². The minimum Gasteiger partial charge on any atom is -0.445 e. The number of ether oxygens (including phenoxy) is 1. The number of likely N-dealkylation sites (N-methyl/N-ethyl adjacent to an activating group) is 1. The topological polar surface area (TPSA) is 140 Å². The summed E-state index contributed by atoms with van der Waals surface area (Å²) in [6.45, 7) is 3.82. The van der Waals surface area contributed by atoms with E-state index in [0.29, 0.717) is 6.42 Å². The minimum absolute atomic E-state index is 0.00575. The molecule has 4 amide bonds. The molecule has 9 heteroatoms. The summed E-state index contributed by atoms with van der Waals surface area (Å²) >= 11 is 0. The first-order valence-corrected chi connectivity index (χ1v) is 9.00. The van der Waals surface area contributed by atoms with Gasteiger partial charge in [-0.05, 0) is 17.9 Å². The summed E-state index contributed by atoms with van der Waals surface area (Å²) in [4.78, 5) is 47.8. The van der Waals surface area contributed by atoms with Crippen LogP contribution in [0.15, 0.2) is 30.3 Å². The molecular weight excluding hydrogens is 364 g/mol. The zero-order valence-electron chi connectivity index (χ0n) is 16.4. The molecule has 0 aliphatic rings. The first-order valence-electron chi connectivity index (χ1n) is 9.00. The van der Waals surface area contributed by atoms with Crippen molar-refractivity contribution in [2.24, 2.45) is 11.7 Å². The summed E-state index contributed by atoms with van der Waals surface area (Å²) in [5, 5.41) is 7.36. The summed E-state index contributed by atoms with van der Waals surface area (Å²) < 4.78 is 5.07. The SMILES string of the molecule is CNC(=O)[C@H](CC(C)C)NC(=O)[C@@H](CC(N)=O)NC(=O)OCc1ccccc1. The fourth-order valence-electron chi connectivity index (χ4n) is 2.47. The van der Waals surface area contributed by atoms with Crippen LogP contribution in [-0.2, 0) is 25.7 Å². The maximum absolute atomic E-state index is 12.5. The van der Waals surface area contributed by atoms with Gasteiger partial charge in [0.15, 0.2) is 0 Å². The third-order valence-electron chi connectivity index (χ3n) is 3.81. The molecule has 0 spiro atoms. The zero-order chi connectivity index (χ0) is 21.1. The van der Waals surface area contributed by atoms with Crippen LogP contribution in [0.3, 0.4) is 0 Å². The number of nitrogens with two attached hydrogens (primary N) is 1.